The Morgan fingerprint density at radius 1 is 1.14 bits per heavy atom. The van der Waals surface area contributed by atoms with Gasteiger partial charge in [0, 0.05) is 30.0 Å². The second-order valence-electron chi connectivity index (χ2n) is 10.7. The van der Waals surface area contributed by atoms with Gasteiger partial charge < -0.3 is 25.2 Å². The summed E-state index contributed by atoms with van der Waals surface area (Å²) in [5.41, 5.74) is -0.720. The highest BCUT2D eigenvalue weighted by Gasteiger charge is 2.36. The SMILES string of the molecule is CC(=O)OCc1c([B]OC(C)(C)C(C)(C)O)cccc1NC(=O)c1c(F)cc(C(C)(C)C)cc1C=N. The molecular weight excluding hydrogens is 462 g/mol. The van der Waals surface area contributed by atoms with Crippen molar-refractivity contribution in [1.29, 1.82) is 5.41 Å². The number of nitrogens with one attached hydrogen (secondary N) is 2. The van der Waals surface area contributed by atoms with Crippen molar-refractivity contribution >= 4 is 36.7 Å². The van der Waals surface area contributed by atoms with E-state index >= 15 is 4.39 Å². The summed E-state index contributed by atoms with van der Waals surface area (Å²) in [6.45, 7) is 13.5. The minimum Gasteiger partial charge on any atom is -0.461 e. The van der Waals surface area contributed by atoms with Crippen LogP contribution in [0.3, 0.4) is 0 Å². The quantitative estimate of drug-likeness (QED) is 0.273. The predicted octanol–water partition coefficient (Wildman–Crippen LogP) is 4.25. The van der Waals surface area contributed by atoms with E-state index in [9.17, 15) is 14.7 Å². The second kappa shape index (κ2) is 10.9. The van der Waals surface area contributed by atoms with E-state index in [4.69, 9.17) is 14.8 Å². The average Bonchev–Trinajstić information content (AvgIpc) is 2.74. The molecule has 2 rings (SSSR count). The normalized spacial score (nSPS) is 12.2. The fraction of sp³-hybridized carbons (Fsp3) is 0.444. The third-order valence-corrected chi connectivity index (χ3v) is 6.20. The van der Waals surface area contributed by atoms with Crippen molar-refractivity contribution < 1.29 is 28.5 Å². The van der Waals surface area contributed by atoms with E-state index in [0.29, 0.717) is 16.6 Å². The highest BCUT2D eigenvalue weighted by atomic mass is 19.1. The van der Waals surface area contributed by atoms with Gasteiger partial charge in [0.25, 0.3) is 5.91 Å². The van der Waals surface area contributed by atoms with Gasteiger partial charge in [0.15, 0.2) is 0 Å². The van der Waals surface area contributed by atoms with Crippen molar-refractivity contribution in [1.82, 2.24) is 0 Å². The molecule has 0 aliphatic heterocycles. The van der Waals surface area contributed by atoms with E-state index in [1.54, 1.807) is 52.0 Å². The second-order valence-corrected chi connectivity index (χ2v) is 10.7. The number of halogens is 1. The van der Waals surface area contributed by atoms with Gasteiger partial charge in [-0.25, -0.2) is 4.39 Å². The fourth-order valence-corrected chi connectivity index (χ4v) is 3.12. The first-order valence-electron chi connectivity index (χ1n) is 11.6. The Kier molecular flexibility index (Phi) is 8.86. The van der Waals surface area contributed by atoms with Crippen LogP contribution < -0.4 is 10.8 Å². The summed E-state index contributed by atoms with van der Waals surface area (Å²) in [6, 6.07) is 7.90. The van der Waals surface area contributed by atoms with E-state index in [2.05, 4.69) is 5.32 Å². The first kappa shape index (κ1) is 29.2. The number of hydrogen-bond donors (Lipinski definition) is 3. The zero-order valence-electron chi connectivity index (χ0n) is 22.2. The molecule has 2 aromatic carbocycles. The molecule has 1 radical (unpaired) electrons. The number of rotatable bonds is 9. The van der Waals surface area contributed by atoms with Gasteiger partial charge in [-0.2, -0.15) is 0 Å². The van der Waals surface area contributed by atoms with Gasteiger partial charge >= 0.3 is 13.5 Å². The van der Waals surface area contributed by atoms with E-state index < -0.39 is 28.9 Å². The van der Waals surface area contributed by atoms with E-state index in [0.717, 1.165) is 6.21 Å². The van der Waals surface area contributed by atoms with Crippen LogP contribution in [0.25, 0.3) is 0 Å². The lowest BCUT2D eigenvalue weighted by Crippen LogP contribution is -2.49. The number of benzene rings is 2. The standard InChI is InChI=1S/C27H35BFN2O5/c1-16(32)35-15-19-20(28-36-27(7,8)26(5,6)34)10-9-11-22(19)31-24(33)23-17(14-30)12-18(13-21(23)29)25(2,3)4/h9-14,30,34H,15H2,1-8H3,(H,31,33). The summed E-state index contributed by atoms with van der Waals surface area (Å²) in [5, 5.41) is 20.8. The van der Waals surface area contributed by atoms with Gasteiger partial charge in [0.05, 0.1) is 16.8 Å². The number of hydrogen-bond acceptors (Lipinski definition) is 6. The maximum atomic E-state index is 15.1. The molecule has 0 heterocycles. The number of aliphatic hydroxyl groups is 1. The molecule has 36 heavy (non-hydrogen) atoms. The Balaban J connectivity index is 2.47. The monoisotopic (exact) mass is 497 g/mol. The van der Waals surface area contributed by atoms with E-state index in [1.165, 1.54) is 20.5 Å². The summed E-state index contributed by atoms with van der Waals surface area (Å²) < 4.78 is 26.1. The zero-order valence-corrected chi connectivity index (χ0v) is 22.2. The Morgan fingerprint density at radius 3 is 2.31 bits per heavy atom. The van der Waals surface area contributed by atoms with Crippen molar-refractivity contribution in [2.75, 3.05) is 5.32 Å². The molecule has 3 N–H and O–H groups in total. The molecule has 0 atom stereocenters. The highest BCUT2D eigenvalue weighted by molar-refractivity contribution is 6.48. The summed E-state index contributed by atoms with van der Waals surface area (Å²) in [7, 11) is 1.42. The molecule has 9 heteroatoms. The minimum absolute atomic E-state index is 0.150. The highest BCUT2D eigenvalue weighted by Crippen LogP contribution is 2.28. The van der Waals surface area contributed by atoms with Crippen LogP contribution in [0.1, 0.15) is 82.4 Å². The number of anilines is 1. The maximum absolute atomic E-state index is 15.1. The molecule has 193 valence electrons. The van der Waals surface area contributed by atoms with Gasteiger partial charge in [-0.1, -0.05) is 32.9 Å². The predicted molar refractivity (Wildman–Crippen MR) is 140 cm³/mol. The molecule has 0 aromatic heterocycles. The number of carbonyl (C=O) groups is 2. The van der Waals surface area contributed by atoms with Crippen LogP contribution in [-0.4, -0.2) is 41.9 Å². The molecule has 0 aliphatic carbocycles. The number of ether oxygens (including phenoxy) is 1. The zero-order chi connectivity index (χ0) is 27.5. The molecule has 0 spiro atoms. The molecule has 7 nitrogen and oxygen atoms in total. The van der Waals surface area contributed by atoms with Crippen molar-refractivity contribution in [2.45, 2.75) is 78.6 Å². The Labute approximate surface area is 213 Å². The molecule has 0 aliphatic rings. The molecule has 0 saturated heterocycles. The van der Waals surface area contributed by atoms with Gasteiger partial charge in [-0.05, 0) is 62.3 Å². The fourth-order valence-electron chi connectivity index (χ4n) is 3.12. The van der Waals surface area contributed by atoms with Crippen LogP contribution in [-0.2, 0) is 26.2 Å². The minimum atomic E-state index is -1.16. The third kappa shape index (κ3) is 7.01. The molecular formula is C27H35BFN2O5. The molecule has 0 saturated carbocycles. The first-order valence-corrected chi connectivity index (χ1v) is 11.6. The van der Waals surface area contributed by atoms with Crippen LogP contribution in [0.5, 0.6) is 0 Å². The number of carbonyl (C=O) groups excluding carboxylic acids is 2. The lowest BCUT2D eigenvalue weighted by atomic mass is 9.80. The van der Waals surface area contributed by atoms with Crippen LogP contribution in [0.2, 0.25) is 0 Å². The van der Waals surface area contributed by atoms with Gasteiger partial charge in [0.1, 0.15) is 12.4 Å². The molecule has 0 bridgehead atoms. The van der Waals surface area contributed by atoms with E-state index in [-0.39, 0.29) is 28.8 Å². The van der Waals surface area contributed by atoms with Crippen LogP contribution in [0.15, 0.2) is 30.3 Å². The molecule has 2 aromatic rings. The number of amides is 1. The van der Waals surface area contributed by atoms with Gasteiger partial charge in [0.2, 0.25) is 0 Å². The molecule has 0 fully saturated rings. The lowest BCUT2D eigenvalue weighted by molar-refractivity contribution is -0.142. The summed E-state index contributed by atoms with van der Waals surface area (Å²) in [4.78, 5) is 24.7. The van der Waals surface area contributed by atoms with Crippen molar-refractivity contribution in [3.8, 4) is 0 Å². The summed E-state index contributed by atoms with van der Waals surface area (Å²) in [6.07, 6.45) is 0.948. The lowest BCUT2D eigenvalue weighted by Gasteiger charge is -2.37. The largest absolute Gasteiger partial charge is 0.461 e. The third-order valence-electron chi connectivity index (χ3n) is 6.20. The summed E-state index contributed by atoms with van der Waals surface area (Å²) >= 11 is 0. The van der Waals surface area contributed by atoms with Crippen molar-refractivity contribution in [3.63, 3.8) is 0 Å². The Morgan fingerprint density at radius 2 is 1.78 bits per heavy atom. The smallest absolute Gasteiger partial charge is 0.331 e. The van der Waals surface area contributed by atoms with Crippen molar-refractivity contribution in [3.05, 3.63) is 58.4 Å². The molecule has 0 unspecified atom stereocenters. The average molecular weight is 497 g/mol. The first-order chi connectivity index (χ1) is 16.5. The van der Waals surface area contributed by atoms with E-state index in [1.807, 2.05) is 20.8 Å². The molecule has 1 amide bonds. The Hall–Kier alpha value is -3.04. The van der Waals surface area contributed by atoms with Crippen LogP contribution in [0.4, 0.5) is 10.1 Å². The van der Waals surface area contributed by atoms with Gasteiger partial charge in [-0.15, -0.1) is 0 Å². The number of esters is 1. The van der Waals surface area contributed by atoms with Crippen LogP contribution >= 0.6 is 0 Å². The van der Waals surface area contributed by atoms with Crippen molar-refractivity contribution in [2.24, 2.45) is 0 Å². The van der Waals surface area contributed by atoms with Gasteiger partial charge in [-0.3, -0.25) is 9.59 Å². The summed E-state index contributed by atoms with van der Waals surface area (Å²) in [5.74, 6) is -2.00. The Bertz CT molecular complexity index is 1150. The maximum Gasteiger partial charge on any atom is 0.331 e. The topological polar surface area (TPSA) is 109 Å². The van der Waals surface area contributed by atoms with Crippen LogP contribution in [0, 0.1) is 11.2 Å².